The molecule has 2 rings (SSSR count). The van der Waals surface area contributed by atoms with E-state index in [1.54, 1.807) is 11.9 Å². The average Bonchev–Trinajstić information content (AvgIpc) is 2.98. The van der Waals surface area contributed by atoms with Crippen LogP contribution >= 0.6 is 11.3 Å². The number of rotatable bonds is 3. The van der Waals surface area contributed by atoms with Crippen LogP contribution in [0.3, 0.4) is 0 Å². The van der Waals surface area contributed by atoms with E-state index < -0.39 is 0 Å². The summed E-state index contributed by atoms with van der Waals surface area (Å²) < 4.78 is 0. The number of carbonyl (C=O) groups is 1. The molecule has 0 bridgehead atoms. The lowest BCUT2D eigenvalue weighted by Gasteiger charge is -2.16. The lowest BCUT2D eigenvalue weighted by atomic mass is 10.1. The van der Waals surface area contributed by atoms with Crippen molar-refractivity contribution in [1.29, 1.82) is 0 Å². The van der Waals surface area contributed by atoms with Crippen molar-refractivity contribution in [3.8, 4) is 11.8 Å². The van der Waals surface area contributed by atoms with Crippen molar-refractivity contribution < 1.29 is 9.90 Å². The van der Waals surface area contributed by atoms with Crippen LogP contribution in [0.1, 0.15) is 20.8 Å². The van der Waals surface area contributed by atoms with Gasteiger partial charge in [-0.05, 0) is 29.1 Å². The van der Waals surface area contributed by atoms with Gasteiger partial charge in [-0.3, -0.25) is 4.79 Å². The number of nitrogens with zero attached hydrogens (tertiary/aromatic N) is 1. The van der Waals surface area contributed by atoms with E-state index in [0.29, 0.717) is 6.54 Å². The number of amides is 1. The van der Waals surface area contributed by atoms with Gasteiger partial charge in [0, 0.05) is 19.2 Å². The first-order chi connectivity index (χ1) is 9.70. The van der Waals surface area contributed by atoms with Crippen molar-refractivity contribution in [2.45, 2.75) is 6.54 Å². The van der Waals surface area contributed by atoms with Crippen LogP contribution in [0.15, 0.2) is 41.8 Å². The lowest BCUT2D eigenvalue weighted by molar-refractivity contribution is 0.0790. The van der Waals surface area contributed by atoms with E-state index in [-0.39, 0.29) is 12.5 Å². The van der Waals surface area contributed by atoms with E-state index in [9.17, 15) is 4.79 Å². The second-order valence-corrected chi connectivity index (χ2v) is 5.25. The molecule has 0 saturated carbocycles. The van der Waals surface area contributed by atoms with Crippen molar-refractivity contribution in [2.24, 2.45) is 0 Å². The van der Waals surface area contributed by atoms with Crippen molar-refractivity contribution in [1.82, 2.24) is 4.90 Å². The highest BCUT2D eigenvalue weighted by atomic mass is 32.1. The van der Waals surface area contributed by atoms with Gasteiger partial charge in [-0.1, -0.05) is 30.0 Å². The number of hydrogen-bond acceptors (Lipinski definition) is 3. The van der Waals surface area contributed by atoms with E-state index in [0.717, 1.165) is 16.0 Å². The molecule has 2 aromatic rings. The Kier molecular flexibility index (Phi) is 4.94. The Morgan fingerprint density at radius 1 is 1.35 bits per heavy atom. The molecular weight excluding hydrogens is 270 g/mol. The maximum Gasteiger partial charge on any atom is 0.263 e. The van der Waals surface area contributed by atoms with E-state index in [1.165, 1.54) is 11.3 Å². The molecular formula is C16H15NO2S. The first kappa shape index (κ1) is 14.3. The second-order valence-electron chi connectivity index (χ2n) is 4.30. The van der Waals surface area contributed by atoms with Crippen LogP contribution in [-0.4, -0.2) is 29.6 Å². The van der Waals surface area contributed by atoms with Gasteiger partial charge in [0.05, 0.1) is 4.88 Å². The zero-order chi connectivity index (χ0) is 14.4. The summed E-state index contributed by atoms with van der Waals surface area (Å²) in [6, 6.07) is 11.4. The second kappa shape index (κ2) is 6.90. The first-order valence-corrected chi connectivity index (χ1v) is 7.06. The van der Waals surface area contributed by atoms with Gasteiger partial charge in [0.15, 0.2) is 0 Å². The number of benzene rings is 1. The largest absolute Gasteiger partial charge is 0.384 e. The molecule has 0 radical (unpaired) electrons. The molecule has 20 heavy (non-hydrogen) atoms. The fraction of sp³-hybridized carbons (Fsp3) is 0.188. The molecule has 0 saturated heterocycles. The highest BCUT2D eigenvalue weighted by Gasteiger charge is 2.12. The maximum absolute atomic E-state index is 12.1. The molecule has 0 atom stereocenters. The summed E-state index contributed by atoms with van der Waals surface area (Å²) in [6.45, 7) is 0.381. The van der Waals surface area contributed by atoms with Gasteiger partial charge in [-0.25, -0.2) is 0 Å². The SMILES string of the molecule is CN(Cc1cccc(C#CCO)c1)C(=O)c1cccs1. The molecule has 0 aliphatic carbocycles. The summed E-state index contributed by atoms with van der Waals surface area (Å²) in [4.78, 5) is 14.6. The zero-order valence-electron chi connectivity index (χ0n) is 11.2. The van der Waals surface area contributed by atoms with Crippen molar-refractivity contribution in [3.63, 3.8) is 0 Å². The quantitative estimate of drug-likeness (QED) is 0.880. The maximum atomic E-state index is 12.1. The van der Waals surface area contributed by atoms with Crippen LogP contribution in [0.5, 0.6) is 0 Å². The molecule has 1 amide bonds. The molecule has 3 nitrogen and oxygen atoms in total. The molecule has 102 valence electrons. The summed E-state index contributed by atoms with van der Waals surface area (Å²) in [6.07, 6.45) is 0. The topological polar surface area (TPSA) is 40.5 Å². The molecule has 1 aromatic heterocycles. The Morgan fingerprint density at radius 3 is 2.90 bits per heavy atom. The van der Waals surface area contributed by atoms with Gasteiger partial charge >= 0.3 is 0 Å². The van der Waals surface area contributed by atoms with Gasteiger partial charge < -0.3 is 10.0 Å². The number of hydrogen-bond donors (Lipinski definition) is 1. The summed E-state index contributed by atoms with van der Waals surface area (Å²) in [5.41, 5.74) is 1.86. The molecule has 4 heteroatoms. The standard InChI is InChI=1S/C16H15NO2S/c1-17(16(19)15-8-4-10-20-15)12-14-6-2-5-13(11-14)7-3-9-18/h2,4-6,8,10-11,18H,9,12H2,1H3. The average molecular weight is 285 g/mol. The number of aliphatic hydroxyl groups excluding tert-OH is 1. The predicted molar refractivity (Wildman–Crippen MR) is 80.5 cm³/mol. The molecule has 0 unspecified atom stereocenters. The Hall–Kier alpha value is -2.09. The van der Waals surface area contributed by atoms with Crippen LogP contribution in [0, 0.1) is 11.8 Å². The third-order valence-electron chi connectivity index (χ3n) is 2.74. The molecule has 1 N–H and O–H groups in total. The summed E-state index contributed by atoms with van der Waals surface area (Å²) in [5, 5.41) is 10.6. The van der Waals surface area contributed by atoms with Crippen LogP contribution in [0.4, 0.5) is 0 Å². The molecule has 0 spiro atoms. The minimum Gasteiger partial charge on any atom is -0.384 e. The lowest BCUT2D eigenvalue weighted by Crippen LogP contribution is -2.25. The normalized spacial score (nSPS) is 9.70. The monoisotopic (exact) mass is 285 g/mol. The van der Waals surface area contributed by atoms with E-state index in [2.05, 4.69) is 11.8 Å². The third-order valence-corrected chi connectivity index (χ3v) is 3.60. The Morgan fingerprint density at radius 2 is 2.20 bits per heavy atom. The number of thiophene rings is 1. The zero-order valence-corrected chi connectivity index (χ0v) is 12.0. The van der Waals surface area contributed by atoms with Gasteiger partial charge in [-0.2, -0.15) is 0 Å². The van der Waals surface area contributed by atoms with E-state index >= 15 is 0 Å². The molecule has 1 heterocycles. The molecule has 0 aliphatic rings. The van der Waals surface area contributed by atoms with Crippen LogP contribution in [0.25, 0.3) is 0 Å². The minimum absolute atomic E-state index is 0.0202. The van der Waals surface area contributed by atoms with Gasteiger partial charge in [0.25, 0.3) is 5.91 Å². The molecule has 1 aromatic carbocycles. The Balaban J connectivity index is 2.08. The molecule has 0 fully saturated rings. The number of aliphatic hydroxyl groups is 1. The number of carbonyl (C=O) groups excluding carboxylic acids is 1. The van der Waals surface area contributed by atoms with Crippen LogP contribution < -0.4 is 0 Å². The smallest absolute Gasteiger partial charge is 0.263 e. The van der Waals surface area contributed by atoms with Gasteiger partial charge in [0.1, 0.15) is 6.61 Å². The summed E-state index contributed by atoms with van der Waals surface area (Å²) in [5.74, 6) is 5.50. The highest BCUT2D eigenvalue weighted by molar-refractivity contribution is 7.12. The van der Waals surface area contributed by atoms with Crippen molar-refractivity contribution in [3.05, 3.63) is 57.8 Å². The van der Waals surface area contributed by atoms with Crippen LogP contribution in [0.2, 0.25) is 0 Å². The highest BCUT2D eigenvalue weighted by Crippen LogP contribution is 2.13. The van der Waals surface area contributed by atoms with Crippen molar-refractivity contribution in [2.75, 3.05) is 13.7 Å². The first-order valence-electron chi connectivity index (χ1n) is 6.18. The van der Waals surface area contributed by atoms with Crippen LogP contribution in [-0.2, 0) is 6.54 Å². The van der Waals surface area contributed by atoms with Gasteiger partial charge in [-0.15, -0.1) is 11.3 Å². The Bertz CT molecular complexity index is 638. The fourth-order valence-electron chi connectivity index (χ4n) is 1.82. The van der Waals surface area contributed by atoms with E-state index in [4.69, 9.17) is 5.11 Å². The summed E-state index contributed by atoms with van der Waals surface area (Å²) >= 11 is 1.44. The fourth-order valence-corrected chi connectivity index (χ4v) is 2.54. The minimum atomic E-state index is -0.152. The summed E-state index contributed by atoms with van der Waals surface area (Å²) in [7, 11) is 1.79. The van der Waals surface area contributed by atoms with Gasteiger partial charge in [0.2, 0.25) is 0 Å². The predicted octanol–water partition coefficient (Wildman–Crippen LogP) is 2.36. The molecule has 0 aliphatic heterocycles. The Labute approximate surface area is 122 Å². The third kappa shape index (κ3) is 3.70. The van der Waals surface area contributed by atoms with E-state index in [1.807, 2.05) is 41.8 Å². The van der Waals surface area contributed by atoms with Crippen molar-refractivity contribution >= 4 is 17.2 Å².